The highest BCUT2D eigenvalue weighted by Gasteiger charge is 2.39. The van der Waals surface area contributed by atoms with Crippen LogP contribution in [0.2, 0.25) is 0 Å². The average Bonchev–Trinajstić information content (AvgIpc) is 2.65. The number of nitrogens with zero attached hydrogens (tertiary/aromatic N) is 1. The molecule has 0 fully saturated rings. The molecule has 1 aromatic rings. The van der Waals surface area contributed by atoms with Crippen molar-refractivity contribution in [2.24, 2.45) is 5.14 Å². The summed E-state index contributed by atoms with van der Waals surface area (Å²) in [5.41, 5.74) is 0.398. The number of nitrogens with two attached hydrogens (primary N) is 1. The molecule has 2 N–H and O–H groups in total. The first-order chi connectivity index (χ1) is 9.71. The predicted octanol–water partition coefficient (Wildman–Crippen LogP) is 0.647. The molecule has 0 atom stereocenters. The van der Waals surface area contributed by atoms with Crippen LogP contribution in [0, 0.1) is 0 Å². The number of benzene rings is 1. The van der Waals surface area contributed by atoms with Crippen molar-refractivity contribution in [3.05, 3.63) is 17.7 Å². The number of methoxy groups -OCH3 is 1. The summed E-state index contributed by atoms with van der Waals surface area (Å²) in [5.74, 6) is 0.269. The van der Waals surface area contributed by atoms with Crippen molar-refractivity contribution >= 4 is 20.0 Å². The van der Waals surface area contributed by atoms with Crippen molar-refractivity contribution in [1.82, 2.24) is 4.31 Å². The molecule has 0 aromatic heterocycles. The summed E-state index contributed by atoms with van der Waals surface area (Å²) in [7, 11) is -6.62. The second kappa shape index (κ2) is 5.56. The van der Waals surface area contributed by atoms with Crippen LogP contribution in [0.5, 0.6) is 5.75 Å². The average molecular weight is 334 g/mol. The van der Waals surface area contributed by atoms with Gasteiger partial charge in [-0.15, -0.1) is 0 Å². The zero-order valence-corrected chi connectivity index (χ0v) is 13.5. The van der Waals surface area contributed by atoms with E-state index in [1.54, 1.807) is 0 Å². The molecule has 118 valence electrons. The van der Waals surface area contributed by atoms with Gasteiger partial charge in [0.05, 0.1) is 7.11 Å². The molecule has 1 heterocycles. The SMILES string of the molecule is CCCCN1Cc2cc(OC)cc(S(N)(=O)=O)c2S1(=O)=O. The number of sulfonamides is 2. The fourth-order valence-electron chi connectivity index (χ4n) is 2.31. The van der Waals surface area contributed by atoms with Gasteiger partial charge in [-0.25, -0.2) is 22.0 Å². The zero-order valence-electron chi connectivity index (χ0n) is 11.9. The molecule has 0 spiro atoms. The Hall–Kier alpha value is -1.16. The van der Waals surface area contributed by atoms with Gasteiger partial charge >= 0.3 is 0 Å². The molecule has 1 aliphatic heterocycles. The van der Waals surface area contributed by atoms with E-state index >= 15 is 0 Å². The van der Waals surface area contributed by atoms with Gasteiger partial charge in [-0.2, -0.15) is 4.31 Å². The lowest BCUT2D eigenvalue weighted by atomic mass is 10.2. The van der Waals surface area contributed by atoms with Crippen LogP contribution < -0.4 is 9.88 Å². The van der Waals surface area contributed by atoms with Crippen LogP contribution in [0.25, 0.3) is 0 Å². The highest BCUT2D eigenvalue weighted by molar-refractivity contribution is 7.92. The van der Waals surface area contributed by atoms with Gasteiger partial charge in [0.15, 0.2) is 0 Å². The summed E-state index contributed by atoms with van der Waals surface area (Å²) in [4.78, 5) is -0.627. The Balaban J connectivity index is 2.64. The Bertz CT molecular complexity index is 756. The van der Waals surface area contributed by atoms with Crippen molar-refractivity contribution in [2.45, 2.75) is 36.1 Å². The largest absolute Gasteiger partial charge is 0.497 e. The summed E-state index contributed by atoms with van der Waals surface area (Å²) in [6, 6.07) is 2.68. The predicted molar refractivity (Wildman–Crippen MR) is 76.9 cm³/mol. The lowest BCUT2D eigenvalue weighted by Crippen LogP contribution is -2.26. The molecule has 9 heteroatoms. The summed E-state index contributed by atoms with van der Waals surface area (Å²) in [5, 5.41) is 5.15. The van der Waals surface area contributed by atoms with Gasteiger partial charge in [0, 0.05) is 19.2 Å². The third-order valence-electron chi connectivity index (χ3n) is 3.35. The molecule has 1 aliphatic rings. The minimum Gasteiger partial charge on any atom is -0.497 e. The number of primary sulfonamides is 1. The van der Waals surface area contributed by atoms with Gasteiger partial charge in [0.2, 0.25) is 20.0 Å². The Kier molecular flexibility index (Phi) is 4.29. The van der Waals surface area contributed by atoms with Crippen LogP contribution >= 0.6 is 0 Å². The van der Waals surface area contributed by atoms with Gasteiger partial charge in [0.1, 0.15) is 15.5 Å². The molecule has 0 radical (unpaired) electrons. The van der Waals surface area contributed by atoms with Crippen LogP contribution in [-0.4, -0.2) is 34.8 Å². The first kappa shape index (κ1) is 16.2. The Morgan fingerprint density at radius 3 is 2.57 bits per heavy atom. The topological polar surface area (TPSA) is 107 Å². The monoisotopic (exact) mass is 334 g/mol. The highest BCUT2D eigenvalue weighted by atomic mass is 32.2. The van der Waals surface area contributed by atoms with E-state index in [0.29, 0.717) is 18.5 Å². The molecular formula is C12H18N2O5S2. The van der Waals surface area contributed by atoms with Crippen LogP contribution in [-0.2, 0) is 26.6 Å². The second-order valence-electron chi connectivity index (χ2n) is 4.85. The molecular weight excluding hydrogens is 316 g/mol. The molecule has 0 amide bonds. The normalized spacial score (nSPS) is 17.7. The molecule has 21 heavy (non-hydrogen) atoms. The third kappa shape index (κ3) is 2.91. The fraction of sp³-hybridized carbons (Fsp3) is 0.500. The van der Waals surface area contributed by atoms with Crippen molar-refractivity contribution in [3.8, 4) is 5.75 Å². The van der Waals surface area contributed by atoms with Crippen molar-refractivity contribution < 1.29 is 21.6 Å². The van der Waals surface area contributed by atoms with Crippen LogP contribution in [0.3, 0.4) is 0 Å². The molecule has 2 rings (SSSR count). The standard InChI is InChI=1S/C12H18N2O5S2/c1-3-4-5-14-8-9-6-10(19-2)7-11(20(13,15)16)12(9)21(14,17)18/h6-7H,3-5,8H2,1-2H3,(H2,13,15,16). The maximum atomic E-state index is 12.5. The molecule has 0 unspecified atom stereocenters. The van der Waals surface area contributed by atoms with E-state index < -0.39 is 24.9 Å². The Morgan fingerprint density at radius 2 is 2.05 bits per heavy atom. The van der Waals surface area contributed by atoms with E-state index in [4.69, 9.17) is 9.88 Å². The molecule has 0 saturated carbocycles. The van der Waals surface area contributed by atoms with Gasteiger partial charge < -0.3 is 4.74 Å². The minimum atomic E-state index is -4.16. The summed E-state index contributed by atoms with van der Waals surface area (Å²) < 4.78 is 54.8. The van der Waals surface area contributed by atoms with Crippen LogP contribution in [0.4, 0.5) is 0 Å². The summed E-state index contributed by atoms with van der Waals surface area (Å²) in [6.45, 7) is 2.44. The number of rotatable bonds is 5. The van der Waals surface area contributed by atoms with Crippen LogP contribution in [0.15, 0.2) is 21.9 Å². The van der Waals surface area contributed by atoms with Crippen molar-refractivity contribution in [3.63, 3.8) is 0 Å². The number of unbranched alkanes of at least 4 members (excludes halogenated alkanes) is 1. The van der Waals surface area contributed by atoms with Crippen molar-refractivity contribution in [1.29, 1.82) is 0 Å². The van der Waals surface area contributed by atoms with Crippen molar-refractivity contribution in [2.75, 3.05) is 13.7 Å². The second-order valence-corrected chi connectivity index (χ2v) is 8.26. The van der Waals surface area contributed by atoms with E-state index in [2.05, 4.69) is 0 Å². The van der Waals surface area contributed by atoms with Gasteiger partial charge in [0.25, 0.3) is 0 Å². The quantitative estimate of drug-likeness (QED) is 0.850. The van der Waals surface area contributed by atoms with E-state index in [1.807, 2.05) is 6.92 Å². The lowest BCUT2D eigenvalue weighted by Gasteiger charge is -2.14. The molecule has 7 nitrogen and oxygen atoms in total. The lowest BCUT2D eigenvalue weighted by molar-refractivity contribution is 0.406. The summed E-state index contributed by atoms with van der Waals surface area (Å²) >= 11 is 0. The smallest absolute Gasteiger partial charge is 0.245 e. The number of fused-ring (bicyclic) bond motifs is 1. The summed E-state index contributed by atoms with van der Waals surface area (Å²) in [6.07, 6.45) is 1.54. The minimum absolute atomic E-state index is 0.136. The number of hydrogen-bond acceptors (Lipinski definition) is 5. The first-order valence-electron chi connectivity index (χ1n) is 6.45. The number of ether oxygens (including phenoxy) is 1. The van der Waals surface area contributed by atoms with E-state index in [9.17, 15) is 16.8 Å². The Morgan fingerprint density at radius 1 is 1.38 bits per heavy atom. The highest BCUT2D eigenvalue weighted by Crippen LogP contribution is 2.37. The van der Waals surface area contributed by atoms with E-state index in [0.717, 1.165) is 12.5 Å². The van der Waals surface area contributed by atoms with Crippen LogP contribution in [0.1, 0.15) is 25.3 Å². The van der Waals surface area contributed by atoms with Gasteiger partial charge in [-0.05, 0) is 18.1 Å². The maximum Gasteiger partial charge on any atom is 0.245 e. The molecule has 0 saturated heterocycles. The fourth-order valence-corrected chi connectivity index (χ4v) is 5.35. The maximum absolute atomic E-state index is 12.5. The molecule has 1 aromatic carbocycles. The number of hydrogen-bond donors (Lipinski definition) is 1. The first-order valence-corrected chi connectivity index (χ1v) is 9.44. The molecule has 0 aliphatic carbocycles. The van der Waals surface area contributed by atoms with Gasteiger partial charge in [-0.1, -0.05) is 13.3 Å². The third-order valence-corrected chi connectivity index (χ3v) is 6.41. The van der Waals surface area contributed by atoms with E-state index in [1.165, 1.54) is 17.5 Å². The van der Waals surface area contributed by atoms with Gasteiger partial charge in [-0.3, -0.25) is 0 Å². The Labute approximate surface area is 124 Å². The zero-order chi connectivity index (χ0) is 15.8. The molecule has 0 bridgehead atoms. The van der Waals surface area contributed by atoms with E-state index in [-0.39, 0.29) is 17.2 Å².